The molecule has 0 aliphatic carbocycles. The molecule has 1 aromatic rings. The second-order valence-electron chi connectivity index (χ2n) is 4.80. The average Bonchev–Trinajstić information content (AvgIpc) is 2.72. The molecular formula is C12H17NO4S2. The lowest BCUT2D eigenvalue weighted by Gasteiger charge is -2.32. The van der Waals surface area contributed by atoms with Gasteiger partial charge in [0.25, 0.3) is 0 Å². The summed E-state index contributed by atoms with van der Waals surface area (Å²) in [4.78, 5) is 11.7. The van der Waals surface area contributed by atoms with Crippen molar-refractivity contribution in [2.24, 2.45) is 0 Å². The van der Waals surface area contributed by atoms with Crippen LogP contribution in [0.5, 0.6) is 0 Å². The second-order valence-corrected chi connectivity index (χ2v) is 7.91. The first kappa shape index (κ1) is 14.5. The molecule has 2 rings (SSSR count). The number of carboxylic acid groups (broad SMARTS) is 1. The van der Waals surface area contributed by atoms with Gasteiger partial charge in [0.15, 0.2) is 0 Å². The van der Waals surface area contributed by atoms with Crippen molar-refractivity contribution in [2.45, 2.75) is 44.0 Å². The number of carbonyl (C=O) groups is 1. The maximum absolute atomic E-state index is 12.6. The minimum absolute atomic E-state index is 0.0219. The normalized spacial score (nSPS) is 21.5. The van der Waals surface area contributed by atoms with Crippen LogP contribution in [0.15, 0.2) is 11.0 Å². The van der Waals surface area contributed by atoms with Crippen LogP contribution >= 0.6 is 11.3 Å². The third-order valence-electron chi connectivity index (χ3n) is 3.41. The molecule has 1 N–H and O–H groups in total. The predicted octanol–water partition coefficient (Wildman–Crippen LogP) is 2.32. The zero-order chi connectivity index (χ0) is 14.2. The monoisotopic (exact) mass is 303 g/mol. The fourth-order valence-electron chi connectivity index (χ4n) is 2.38. The van der Waals surface area contributed by atoms with Gasteiger partial charge in [-0.2, -0.15) is 4.31 Å². The number of piperidine rings is 1. The number of hydrogen-bond donors (Lipinski definition) is 1. The summed E-state index contributed by atoms with van der Waals surface area (Å²) < 4.78 is 26.7. The van der Waals surface area contributed by atoms with Crippen LogP contribution in [0.4, 0.5) is 0 Å². The Morgan fingerprint density at radius 1 is 1.47 bits per heavy atom. The Bertz CT molecular complexity index is 591. The number of aromatic carboxylic acids is 1. The molecule has 1 atom stereocenters. The van der Waals surface area contributed by atoms with Gasteiger partial charge in [-0.25, -0.2) is 13.2 Å². The van der Waals surface area contributed by atoms with Gasteiger partial charge in [-0.3, -0.25) is 0 Å². The molecule has 1 aliphatic heterocycles. The van der Waals surface area contributed by atoms with Crippen LogP contribution < -0.4 is 0 Å². The number of rotatable bonds is 3. The van der Waals surface area contributed by atoms with Gasteiger partial charge in [0, 0.05) is 17.5 Å². The molecule has 5 nitrogen and oxygen atoms in total. The van der Waals surface area contributed by atoms with E-state index in [-0.39, 0.29) is 15.8 Å². The SMILES string of the molecule is Cc1sc(C(=O)O)cc1S(=O)(=O)N1CCCCC1C. The van der Waals surface area contributed by atoms with Crippen LogP contribution in [0, 0.1) is 6.92 Å². The molecule has 1 saturated heterocycles. The first-order chi connectivity index (χ1) is 8.84. The van der Waals surface area contributed by atoms with Crippen molar-refractivity contribution in [3.63, 3.8) is 0 Å². The Morgan fingerprint density at radius 2 is 2.16 bits per heavy atom. The fraction of sp³-hybridized carbons (Fsp3) is 0.583. The van der Waals surface area contributed by atoms with Crippen LogP contribution in [0.25, 0.3) is 0 Å². The van der Waals surface area contributed by atoms with E-state index in [4.69, 9.17) is 5.11 Å². The lowest BCUT2D eigenvalue weighted by Crippen LogP contribution is -2.41. The highest BCUT2D eigenvalue weighted by atomic mass is 32.2. The van der Waals surface area contributed by atoms with Crippen molar-refractivity contribution >= 4 is 27.3 Å². The molecule has 0 aromatic carbocycles. The van der Waals surface area contributed by atoms with Crippen molar-refractivity contribution in [3.8, 4) is 0 Å². The summed E-state index contributed by atoms with van der Waals surface area (Å²) in [5.74, 6) is -1.08. The van der Waals surface area contributed by atoms with E-state index in [1.807, 2.05) is 6.92 Å². The van der Waals surface area contributed by atoms with Crippen molar-refractivity contribution in [3.05, 3.63) is 15.8 Å². The largest absolute Gasteiger partial charge is 0.477 e. The Hall–Kier alpha value is -0.920. The first-order valence-corrected chi connectivity index (χ1v) is 8.45. The van der Waals surface area contributed by atoms with Crippen LogP contribution in [0.2, 0.25) is 0 Å². The highest BCUT2D eigenvalue weighted by Gasteiger charge is 2.33. The third-order valence-corrected chi connectivity index (χ3v) is 6.72. The van der Waals surface area contributed by atoms with Gasteiger partial charge in [0.1, 0.15) is 4.88 Å². The molecule has 2 heterocycles. The number of aryl methyl sites for hydroxylation is 1. The van der Waals surface area contributed by atoms with Gasteiger partial charge in [-0.15, -0.1) is 11.3 Å². The lowest BCUT2D eigenvalue weighted by molar-refractivity contribution is 0.0702. The Balaban J connectivity index is 2.41. The zero-order valence-corrected chi connectivity index (χ0v) is 12.6. The molecule has 106 valence electrons. The van der Waals surface area contributed by atoms with E-state index in [1.54, 1.807) is 6.92 Å². The third kappa shape index (κ3) is 2.68. The topological polar surface area (TPSA) is 74.7 Å². The molecule has 7 heteroatoms. The number of hydrogen-bond acceptors (Lipinski definition) is 4. The fourth-order valence-corrected chi connectivity index (χ4v) is 5.48. The number of sulfonamides is 1. The lowest BCUT2D eigenvalue weighted by atomic mass is 10.1. The van der Waals surface area contributed by atoms with Crippen LogP contribution in [0.3, 0.4) is 0 Å². The van der Waals surface area contributed by atoms with E-state index in [0.29, 0.717) is 11.4 Å². The van der Waals surface area contributed by atoms with E-state index in [9.17, 15) is 13.2 Å². The quantitative estimate of drug-likeness (QED) is 0.930. The molecule has 19 heavy (non-hydrogen) atoms. The van der Waals surface area contributed by atoms with Gasteiger partial charge in [-0.05, 0) is 32.8 Å². The Morgan fingerprint density at radius 3 is 2.68 bits per heavy atom. The summed E-state index contributed by atoms with van der Waals surface area (Å²) in [5.41, 5.74) is 0. The zero-order valence-electron chi connectivity index (χ0n) is 10.9. The van der Waals surface area contributed by atoms with E-state index >= 15 is 0 Å². The van der Waals surface area contributed by atoms with Crippen LogP contribution in [0.1, 0.15) is 40.7 Å². The second kappa shape index (κ2) is 5.22. The molecular weight excluding hydrogens is 286 g/mol. The smallest absolute Gasteiger partial charge is 0.345 e. The summed E-state index contributed by atoms with van der Waals surface area (Å²) in [6.45, 7) is 4.07. The molecule has 0 saturated carbocycles. The van der Waals surface area contributed by atoms with E-state index in [1.165, 1.54) is 10.4 Å². The summed E-state index contributed by atoms with van der Waals surface area (Å²) in [6.07, 6.45) is 2.75. The summed E-state index contributed by atoms with van der Waals surface area (Å²) in [6, 6.07) is 1.25. The maximum atomic E-state index is 12.6. The molecule has 0 radical (unpaired) electrons. The predicted molar refractivity (Wildman–Crippen MR) is 73.2 cm³/mol. The average molecular weight is 303 g/mol. The minimum atomic E-state index is -3.57. The molecule has 1 fully saturated rings. The van der Waals surface area contributed by atoms with Crippen molar-refractivity contribution in [1.82, 2.24) is 4.31 Å². The first-order valence-electron chi connectivity index (χ1n) is 6.19. The number of carboxylic acids is 1. The Labute approximate surface area is 116 Å². The van der Waals surface area contributed by atoms with Crippen LogP contribution in [-0.2, 0) is 10.0 Å². The van der Waals surface area contributed by atoms with E-state index in [0.717, 1.165) is 30.6 Å². The van der Waals surface area contributed by atoms with Gasteiger partial charge >= 0.3 is 5.97 Å². The molecule has 1 aliphatic rings. The number of thiophene rings is 1. The maximum Gasteiger partial charge on any atom is 0.345 e. The molecule has 0 amide bonds. The van der Waals surface area contributed by atoms with Crippen molar-refractivity contribution < 1.29 is 18.3 Å². The van der Waals surface area contributed by atoms with Gasteiger partial charge in [0.05, 0.1) is 4.90 Å². The molecule has 1 aromatic heterocycles. The molecule has 0 spiro atoms. The van der Waals surface area contributed by atoms with Gasteiger partial charge < -0.3 is 5.11 Å². The highest BCUT2D eigenvalue weighted by Crippen LogP contribution is 2.31. The van der Waals surface area contributed by atoms with Gasteiger partial charge in [-0.1, -0.05) is 6.42 Å². The van der Waals surface area contributed by atoms with E-state index < -0.39 is 16.0 Å². The van der Waals surface area contributed by atoms with Gasteiger partial charge in [0.2, 0.25) is 10.0 Å². The minimum Gasteiger partial charge on any atom is -0.477 e. The highest BCUT2D eigenvalue weighted by molar-refractivity contribution is 7.89. The molecule has 1 unspecified atom stereocenters. The van der Waals surface area contributed by atoms with Crippen molar-refractivity contribution in [1.29, 1.82) is 0 Å². The number of nitrogens with zero attached hydrogens (tertiary/aromatic N) is 1. The summed E-state index contributed by atoms with van der Waals surface area (Å²) in [7, 11) is -3.57. The van der Waals surface area contributed by atoms with Crippen molar-refractivity contribution in [2.75, 3.05) is 6.54 Å². The van der Waals surface area contributed by atoms with Crippen LogP contribution in [-0.4, -0.2) is 36.4 Å². The molecule has 0 bridgehead atoms. The standard InChI is InChI=1S/C12H17NO4S2/c1-8-5-3-4-6-13(8)19(16,17)11-7-10(12(14)15)18-9(11)2/h7-8H,3-6H2,1-2H3,(H,14,15). The Kier molecular flexibility index (Phi) is 3.98. The summed E-state index contributed by atoms with van der Waals surface area (Å²) >= 11 is 1.01. The summed E-state index contributed by atoms with van der Waals surface area (Å²) in [5, 5.41) is 8.95. The van der Waals surface area contributed by atoms with E-state index in [2.05, 4.69) is 0 Å².